The first-order valence-corrected chi connectivity index (χ1v) is 37.9. The maximum absolute atomic E-state index is 10.7. The van der Waals surface area contributed by atoms with Crippen LogP contribution in [0, 0.1) is 23.7 Å². The fourth-order valence-corrected chi connectivity index (χ4v) is 12.7. The van der Waals surface area contributed by atoms with Gasteiger partial charge in [0.05, 0.1) is 23.9 Å². The molecule has 80 heavy (non-hydrogen) atoms. The zero-order valence-electron chi connectivity index (χ0n) is 50.6. The van der Waals surface area contributed by atoms with Crippen molar-refractivity contribution >= 4 is 168 Å². The molecule has 0 aromatic rings. The van der Waals surface area contributed by atoms with Gasteiger partial charge in [0.15, 0.2) is 0 Å². The second-order valence-corrected chi connectivity index (χ2v) is 31.3. The van der Waals surface area contributed by atoms with Gasteiger partial charge in [-0.3, -0.25) is 0 Å². The zero-order valence-corrected chi connectivity index (χ0v) is 61.5. The van der Waals surface area contributed by atoms with Gasteiger partial charge in [-0.25, -0.2) is 0 Å². The minimum atomic E-state index is -1.05. The third kappa shape index (κ3) is 88.7. The minimum Gasteiger partial charge on any atom is -2.00 e. The molecule has 0 bridgehead atoms. The maximum atomic E-state index is 10.7. The Hall–Kier alpha value is -0.543. The van der Waals surface area contributed by atoms with E-state index in [0.29, 0.717) is 51.4 Å². The number of carboxylic acid groups (broad SMARTS) is 4. The second-order valence-electron chi connectivity index (χ2n) is 20.3. The molecule has 0 N–H and O–H groups in total. The van der Waals surface area contributed by atoms with E-state index in [1.807, 2.05) is 0 Å². The summed E-state index contributed by atoms with van der Waals surface area (Å²) < 4.78 is 21.7. The van der Waals surface area contributed by atoms with Gasteiger partial charge in [-0.1, -0.05) is 158 Å². The number of unbranched alkanes of at least 4 members (excludes halogenated alkanes) is 8. The summed E-state index contributed by atoms with van der Waals surface area (Å²) in [4.78, 5) is 83.8. The monoisotopic (exact) mass is 1460 g/mol. The number of hydrogen-bond donors (Lipinski definition) is 4. The first-order valence-electron chi connectivity index (χ1n) is 27.8. The van der Waals surface area contributed by atoms with Crippen LogP contribution in [0.1, 0.15) is 209 Å². The number of rotatable bonds is 40. The van der Waals surface area contributed by atoms with Crippen molar-refractivity contribution in [3.05, 3.63) is 0 Å². The zero-order chi connectivity index (χ0) is 61.3. The van der Waals surface area contributed by atoms with E-state index in [1.165, 1.54) is 79.8 Å². The van der Waals surface area contributed by atoms with Crippen molar-refractivity contribution in [2.75, 3.05) is 28.4 Å². The molecule has 0 radical (unpaired) electrons. The third-order valence-electron chi connectivity index (χ3n) is 11.1. The Morgan fingerprint density at radius 3 is 0.588 bits per heavy atom. The van der Waals surface area contributed by atoms with Crippen LogP contribution in [0.5, 0.6) is 0 Å². The summed E-state index contributed by atoms with van der Waals surface area (Å²) in [6.07, 6.45) is 22.3. The van der Waals surface area contributed by atoms with Crippen LogP contribution in [0.25, 0.3) is 0 Å². The van der Waals surface area contributed by atoms with Crippen molar-refractivity contribution in [3.63, 3.8) is 0 Å². The molecule has 0 aromatic heterocycles. The van der Waals surface area contributed by atoms with E-state index in [4.69, 9.17) is 0 Å². The molecule has 0 amide bonds. The normalized spacial score (nSPS) is 11.4. The SMILES string of the molecule is CC(C)CCCCCC(S)C(=O)[O-].CC(C)CCCCCC(S)C(=O)[O-].CC(C)CCCCCC(S)C(=O)[O-].CC(C)CCCCCC(S)C(=O)[O-].COC(=O)C[CH2][Sn+2][CH2]CC(=O)OC.COC(=O)C[CH2][Sn+2][CH2]CC(=O)OC.[S-2].[S-2]. The number of carboxylic acids is 4. The van der Waals surface area contributed by atoms with Gasteiger partial charge >= 0.3 is 176 Å². The van der Waals surface area contributed by atoms with Crippen LogP contribution in [-0.4, -0.2) is 139 Å². The summed E-state index contributed by atoms with van der Waals surface area (Å²) in [6, 6.07) is 0. The van der Waals surface area contributed by atoms with E-state index in [9.17, 15) is 58.8 Å². The largest absolute Gasteiger partial charge is 2.00 e. The van der Waals surface area contributed by atoms with Gasteiger partial charge in [0, 0.05) is 21.0 Å². The predicted molar refractivity (Wildman–Crippen MR) is 335 cm³/mol. The number of esters is 4. The Kier molecular flexibility index (Phi) is 84.9. The Morgan fingerprint density at radius 2 is 0.463 bits per heavy atom. The van der Waals surface area contributed by atoms with Crippen LogP contribution in [0.4, 0.5) is 0 Å². The van der Waals surface area contributed by atoms with Gasteiger partial charge in [-0.15, -0.1) is 0 Å². The Bertz CT molecular complexity index is 1280. The Balaban J connectivity index is -0.000000129. The van der Waals surface area contributed by atoms with E-state index in [2.05, 4.69) is 125 Å². The van der Waals surface area contributed by atoms with E-state index in [-0.39, 0.29) is 50.9 Å². The minimum absolute atomic E-state index is 0. The van der Waals surface area contributed by atoms with Gasteiger partial charge in [-0.2, -0.15) is 50.5 Å². The van der Waals surface area contributed by atoms with Crippen molar-refractivity contribution in [2.24, 2.45) is 23.7 Å². The number of aliphatic carboxylic acids is 4. The number of methoxy groups -OCH3 is 4. The molecule has 0 saturated heterocycles. The van der Waals surface area contributed by atoms with Crippen molar-refractivity contribution in [1.82, 2.24) is 0 Å². The van der Waals surface area contributed by atoms with E-state index >= 15 is 0 Å². The molecule has 0 rings (SSSR count). The summed E-state index contributed by atoms with van der Waals surface area (Å²) in [7, 11) is 5.56. The van der Waals surface area contributed by atoms with Crippen LogP contribution < -0.4 is 20.4 Å². The fraction of sp³-hybridized carbons (Fsp3) is 0.857. The summed E-state index contributed by atoms with van der Waals surface area (Å²) in [6.45, 7) is 17.6. The van der Waals surface area contributed by atoms with Crippen LogP contribution in [0.15, 0.2) is 0 Å². The maximum Gasteiger partial charge on any atom is -2.00 e. The summed E-state index contributed by atoms with van der Waals surface area (Å²) in [5.41, 5.74) is 0. The quantitative estimate of drug-likeness (QED) is 0.0149. The van der Waals surface area contributed by atoms with Crippen molar-refractivity contribution in [1.29, 1.82) is 0 Å². The second kappa shape index (κ2) is 70.9. The summed E-state index contributed by atoms with van der Waals surface area (Å²) >= 11 is 14.5. The molecule has 0 saturated carbocycles. The number of carbonyl (C=O) groups excluding carboxylic acids is 8. The molecular weight excluding hydrogens is 1360 g/mol. The summed E-state index contributed by atoms with van der Waals surface area (Å²) in [5.74, 6) is -1.84. The number of carbonyl (C=O) groups is 8. The van der Waals surface area contributed by atoms with Crippen molar-refractivity contribution in [2.45, 2.75) is 248 Å². The fourth-order valence-electron chi connectivity index (χ4n) is 6.16. The molecule has 4 unspecified atom stereocenters. The van der Waals surface area contributed by atoms with Crippen LogP contribution in [0.2, 0.25) is 17.7 Å². The molecule has 24 heteroatoms. The average molecular weight is 1460 g/mol. The molecule has 4 atom stereocenters. The smallest absolute Gasteiger partial charge is 2.00 e. The molecule has 0 aromatic carbocycles. The summed E-state index contributed by atoms with van der Waals surface area (Å²) in [5, 5.41) is 38.8. The molecule has 16 nitrogen and oxygen atoms in total. The number of thiol groups is 4. The van der Waals surface area contributed by atoms with E-state index in [1.54, 1.807) is 0 Å². The van der Waals surface area contributed by atoms with Gasteiger partial charge < -0.3 is 66.6 Å². The topological polar surface area (TPSA) is 266 Å². The molecule has 472 valence electrons. The molecule has 0 heterocycles. The van der Waals surface area contributed by atoms with Crippen LogP contribution in [-0.2, 0) is 84.3 Å². The molecule has 0 aliphatic heterocycles. The molecular formula is C56H104O16S6Sn2-4. The average Bonchev–Trinajstić information content (AvgIpc) is 3.37. The Morgan fingerprint density at radius 1 is 0.312 bits per heavy atom. The molecule has 0 aliphatic rings. The van der Waals surface area contributed by atoms with Gasteiger partial charge in [0.25, 0.3) is 0 Å². The van der Waals surface area contributed by atoms with Crippen molar-refractivity contribution < 1.29 is 77.7 Å². The predicted octanol–water partition coefficient (Wildman–Crippen LogP) is 7.87. The number of hydrogen-bond acceptors (Lipinski definition) is 20. The Labute approximate surface area is 540 Å². The molecule has 0 aliphatic carbocycles. The van der Waals surface area contributed by atoms with Gasteiger partial charge in [0.1, 0.15) is 0 Å². The third-order valence-corrected chi connectivity index (χ3v) is 19.8. The molecule has 0 spiro atoms. The standard InChI is InChI=1S/4C10H20O2S.4C4H7O2.2S.2Sn/c4*1-8(2)6-4-3-5-7-9(13)10(11)12;4*1-3-4(5)6-2;;;;/h4*8-9,13H,3-7H2,1-2H3,(H,11,12);4*1,3H2,2H3;;;;/q;;;;;;;;2*-2;2*+2/p-4. The van der Waals surface area contributed by atoms with Crippen molar-refractivity contribution in [3.8, 4) is 0 Å². The van der Waals surface area contributed by atoms with E-state index < -0.39 is 87.2 Å². The first kappa shape index (κ1) is 95.8. The van der Waals surface area contributed by atoms with Gasteiger partial charge in [-0.05, 0) is 49.4 Å². The molecule has 0 fully saturated rings. The van der Waals surface area contributed by atoms with Crippen LogP contribution in [0.3, 0.4) is 0 Å². The number of ether oxygens (including phenoxy) is 4. The van der Waals surface area contributed by atoms with E-state index in [0.717, 1.165) is 92.8 Å². The van der Waals surface area contributed by atoms with Gasteiger partial charge in [0.2, 0.25) is 0 Å². The first-order chi connectivity index (χ1) is 36.6. The van der Waals surface area contributed by atoms with Crippen LogP contribution >= 0.6 is 50.5 Å².